The van der Waals surface area contributed by atoms with Crippen molar-refractivity contribution < 1.29 is 4.52 Å². The molecular weight excluding hydrogens is 228 g/mol. The van der Waals surface area contributed by atoms with Gasteiger partial charge in [0.25, 0.3) is 0 Å². The number of pyridine rings is 1. The molecule has 3 aromatic rings. The van der Waals surface area contributed by atoms with Crippen LogP contribution in [0, 0.1) is 6.92 Å². The first-order valence-corrected chi connectivity index (χ1v) is 5.10. The van der Waals surface area contributed by atoms with Crippen LogP contribution in [0.25, 0.3) is 21.8 Å². The number of aromatic amines is 1. The molecule has 4 nitrogen and oxygen atoms in total. The summed E-state index contributed by atoms with van der Waals surface area (Å²) in [6.07, 6.45) is 1.49. The lowest BCUT2D eigenvalue weighted by atomic mass is 10.1. The van der Waals surface area contributed by atoms with Gasteiger partial charge in [-0.25, -0.2) is 9.95 Å². The van der Waals surface area contributed by atoms with Crippen molar-refractivity contribution >= 4 is 33.4 Å². The fourth-order valence-corrected chi connectivity index (χ4v) is 1.90. The van der Waals surface area contributed by atoms with E-state index in [9.17, 15) is 4.79 Å². The molecule has 0 saturated heterocycles. The van der Waals surface area contributed by atoms with Crippen LogP contribution in [0.5, 0.6) is 0 Å². The minimum Gasteiger partial charge on any atom is -0.338 e. The molecule has 0 aliphatic rings. The van der Waals surface area contributed by atoms with E-state index in [0.29, 0.717) is 15.9 Å². The zero-order chi connectivity index (χ0) is 11.3. The predicted molar refractivity (Wildman–Crippen MR) is 61.9 cm³/mol. The van der Waals surface area contributed by atoms with Crippen molar-refractivity contribution in [1.82, 2.24) is 10.1 Å². The lowest BCUT2D eigenvalue weighted by molar-refractivity contribution is 0.400. The molecule has 2 heterocycles. The maximum atomic E-state index is 11.3. The van der Waals surface area contributed by atoms with Crippen LogP contribution in [-0.4, -0.2) is 10.1 Å². The van der Waals surface area contributed by atoms with E-state index in [-0.39, 0.29) is 0 Å². The molecule has 1 aromatic carbocycles. The Morgan fingerprint density at radius 2 is 2.19 bits per heavy atom. The number of nitrogens with zero attached hydrogens (tertiary/aromatic N) is 1. The molecule has 0 atom stereocenters. The highest BCUT2D eigenvalue weighted by atomic mass is 35.5. The standard InChI is InChI=1S/C11H7ClN2O2/c1-5-2-6-9(3-8(5)12)13-4-7-10(6)14-16-11(7)15/h2-4,14H,1H3. The Balaban J connectivity index is 2.60. The molecule has 0 aliphatic carbocycles. The van der Waals surface area contributed by atoms with Crippen molar-refractivity contribution in [2.45, 2.75) is 6.92 Å². The van der Waals surface area contributed by atoms with Crippen molar-refractivity contribution in [2.75, 3.05) is 0 Å². The summed E-state index contributed by atoms with van der Waals surface area (Å²) in [5.74, 6) is 0. The minimum absolute atomic E-state index is 0.406. The molecule has 0 radical (unpaired) electrons. The summed E-state index contributed by atoms with van der Waals surface area (Å²) in [5.41, 5.74) is 1.93. The van der Waals surface area contributed by atoms with Gasteiger partial charge < -0.3 is 4.52 Å². The smallest absolute Gasteiger partial charge is 0.338 e. The Hall–Kier alpha value is -1.81. The minimum atomic E-state index is -0.406. The molecule has 0 amide bonds. The van der Waals surface area contributed by atoms with Crippen LogP contribution in [0.1, 0.15) is 5.56 Å². The van der Waals surface area contributed by atoms with Gasteiger partial charge >= 0.3 is 5.63 Å². The SMILES string of the molecule is Cc1cc2c(cc1Cl)ncc1c(=O)o[nH]c12. The lowest BCUT2D eigenvalue weighted by Crippen LogP contribution is -1.92. The normalized spacial score (nSPS) is 11.4. The van der Waals surface area contributed by atoms with E-state index in [0.717, 1.165) is 16.5 Å². The number of aromatic nitrogens is 2. The number of halogens is 1. The van der Waals surface area contributed by atoms with Gasteiger partial charge in [0.05, 0.1) is 11.0 Å². The zero-order valence-corrected chi connectivity index (χ0v) is 9.13. The van der Waals surface area contributed by atoms with Crippen LogP contribution in [0.3, 0.4) is 0 Å². The maximum Gasteiger partial charge on any atom is 0.366 e. The maximum absolute atomic E-state index is 11.3. The van der Waals surface area contributed by atoms with Crippen LogP contribution in [-0.2, 0) is 0 Å². The first-order valence-electron chi connectivity index (χ1n) is 4.73. The molecule has 0 unspecified atom stereocenters. The monoisotopic (exact) mass is 234 g/mol. The number of nitrogens with one attached hydrogen (secondary N) is 1. The third kappa shape index (κ3) is 1.17. The molecule has 1 N–H and O–H groups in total. The first-order chi connectivity index (χ1) is 7.66. The number of fused-ring (bicyclic) bond motifs is 3. The highest BCUT2D eigenvalue weighted by Crippen LogP contribution is 2.25. The second-order valence-corrected chi connectivity index (χ2v) is 4.06. The summed E-state index contributed by atoms with van der Waals surface area (Å²) in [7, 11) is 0. The molecule has 0 fully saturated rings. The van der Waals surface area contributed by atoms with Crippen LogP contribution in [0.2, 0.25) is 5.02 Å². The predicted octanol–water partition coefficient (Wildman–Crippen LogP) is 2.63. The number of hydrogen-bond acceptors (Lipinski definition) is 3. The fraction of sp³-hybridized carbons (Fsp3) is 0.0909. The van der Waals surface area contributed by atoms with Crippen molar-refractivity contribution in [3.8, 4) is 0 Å². The Labute approximate surface area is 94.8 Å². The molecule has 0 bridgehead atoms. The van der Waals surface area contributed by atoms with Crippen molar-refractivity contribution in [3.05, 3.63) is 39.3 Å². The Kier molecular flexibility index (Phi) is 1.82. The van der Waals surface area contributed by atoms with Crippen LogP contribution in [0.4, 0.5) is 0 Å². The number of rotatable bonds is 0. The Morgan fingerprint density at radius 3 is 3.00 bits per heavy atom. The summed E-state index contributed by atoms with van der Waals surface area (Å²) < 4.78 is 4.74. The largest absolute Gasteiger partial charge is 0.366 e. The van der Waals surface area contributed by atoms with Crippen molar-refractivity contribution in [1.29, 1.82) is 0 Å². The summed E-state index contributed by atoms with van der Waals surface area (Å²) in [6, 6.07) is 3.66. The van der Waals surface area contributed by atoms with Gasteiger partial charge in [-0.1, -0.05) is 11.6 Å². The van der Waals surface area contributed by atoms with Gasteiger partial charge in [0.1, 0.15) is 5.39 Å². The van der Waals surface area contributed by atoms with E-state index >= 15 is 0 Å². The van der Waals surface area contributed by atoms with Gasteiger partial charge in [0, 0.05) is 16.6 Å². The molecule has 3 rings (SSSR count). The Bertz CT molecular complexity index is 758. The van der Waals surface area contributed by atoms with E-state index in [1.807, 2.05) is 13.0 Å². The summed E-state index contributed by atoms with van der Waals surface area (Å²) in [5, 5.41) is 4.56. The number of H-pyrrole nitrogens is 1. The van der Waals surface area contributed by atoms with E-state index in [4.69, 9.17) is 16.1 Å². The Morgan fingerprint density at radius 1 is 1.38 bits per heavy atom. The van der Waals surface area contributed by atoms with Gasteiger partial charge in [0.2, 0.25) is 0 Å². The number of hydrogen-bond donors (Lipinski definition) is 1. The van der Waals surface area contributed by atoms with Gasteiger partial charge in [0.15, 0.2) is 0 Å². The molecular formula is C11H7ClN2O2. The number of aryl methyl sites for hydroxylation is 1. The number of benzene rings is 1. The molecule has 5 heteroatoms. The van der Waals surface area contributed by atoms with Crippen molar-refractivity contribution in [3.63, 3.8) is 0 Å². The summed E-state index contributed by atoms with van der Waals surface area (Å²) >= 11 is 6.01. The summed E-state index contributed by atoms with van der Waals surface area (Å²) in [4.78, 5) is 15.5. The van der Waals surface area contributed by atoms with Gasteiger partial charge in [-0.15, -0.1) is 0 Å². The van der Waals surface area contributed by atoms with E-state index < -0.39 is 5.63 Å². The topological polar surface area (TPSA) is 58.9 Å². The average molecular weight is 235 g/mol. The highest BCUT2D eigenvalue weighted by Gasteiger charge is 2.09. The molecule has 0 aliphatic heterocycles. The second-order valence-electron chi connectivity index (χ2n) is 3.66. The van der Waals surface area contributed by atoms with Crippen LogP contribution in [0.15, 0.2) is 27.6 Å². The molecule has 80 valence electrons. The first kappa shape index (κ1) is 9.42. The lowest BCUT2D eigenvalue weighted by Gasteiger charge is -2.01. The van der Waals surface area contributed by atoms with E-state index in [1.54, 1.807) is 6.07 Å². The third-order valence-electron chi connectivity index (χ3n) is 2.61. The van der Waals surface area contributed by atoms with Gasteiger partial charge in [-0.2, -0.15) is 0 Å². The van der Waals surface area contributed by atoms with E-state index in [2.05, 4.69) is 10.1 Å². The summed E-state index contributed by atoms with van der Waals surface area (Å²) in [6.45, 7) is 1.90. The molecule has 0 spiro atoms. The van der Waals surface area contributed by atoms with Crippen LogP contribution >= 0.6 is 11.6 Å². The molecule has 16 heavy (non-hydrogen) atoms. The fourth-order valence-electron chi connectivity index (χ4n) is 1.74. The van der Waals surface area contributed by atoms with E-state index in [1.165, 1.54) is 6.20 Å². The molecule has 0 saturated carbocycles. The highest BCUT2D eigenvalue weighted by molar-refractivity contribution is 6.32. The van der Waals surface area contributed by atoms with Gasteiger partial charge in [-0.05, 0) is 24.6 Å². The third-order valence-corrected chi connectivity index (χ3v) is 3.02. The van der Waals surface area contributed by atoms with Gasteiger partial charge in [-0.3, -0.25) is 4.98 Å². The quantitative estimate of drug-likeness (QED) is 0.651. The van der Waals surface area contributed by atoms with Crippen molar-refractivity contribution in [2.24, 2.45) is 0 Å². The molecule has 2 aromatic heterocycles. The second kappa shape index (κ2) is 3.09. The zero-order valence-electron chi connectivity index (χ0n) is 8.37. The average Bonchev–Trinajstić information content (AvgIpc) is 2.63. The van der Waals surface area contributed by atoms with Crippen LogP contribution < -0.4 is 5.63 Å².